The Bertz CT molecular complexity index is 1120. The van der Waals surface area contributed by atoms with E-state index in [1.807, 2.05) is 20.8 Å². The Balaban J connectivity index is 2.45. The summed E-state index contributed by atoms with van der Waals surface area (Å²) in [6.45, 7) is 5.80. The lowest BCUT2D eigenvalue weighted by Crippen LogP contribution is -2.52. The highest BCUT2D eigenvalue weighted by Crippen LogP contribution is 2.25. The van der Waals surface area contributed by atoms with Crippen LogP contribution in [0.1, 0.15) is 32.8 Å². The second-order valence-corrected chi connectivity index (χ2v) is 11.0. The van der Waals surface area contributed by atoms with Crippen LogP contribution in [0.15, 0.2) is 48.5 Å². The molecule has 0 bridgehead atoms. The van der Waals surface area contributed by atoms with Crippen LogP contribution in [0, 0.1) is 5.92 Å². The van der Waals surface area contributed by atoms with Crippen molar-refractivity contribution in [3.63, 3.8) is 0 Å². The van der Waals surface area contributed by atoms with E-state index in [9.17, 15) is 18.0 Å². The zero-order valence-corrected chi connectivity index (χ0v) is 22.4. The summed E-state index contributed by atoms with van der Waals surface area (Å²) in [5, 5.41) is 3.34. The van der Waals surface area contributed by atoms with Crippen molar-refractivity contribution < 1.29 is 22.7 Å². The Morgan fingerprint density at radius 2 is 1.80 bits per heavy atom. The molecule has 10 heteroatoms. The molecule has 0 aliphatic heterocycles. The lowest BCUT2D eigenvalue weighted by atomic mass is 10.1. The monoisotopic (exact) mass is 523 g/mol. The first-order valence-electron chi connectivity index (χ1n) is 11.4. The van der Waals surface area contributed by atoms with E-state index in [0.717, 1.165) is 10.6 Å². The van der Waals surface area contributed by atoms with Gasteiger partial charge in [-0.05, 0) is 36.1 Å². The highest BCUT2D eigenvalue weighted by Gasteiger charge is 2.32. The molecule has 0 aromatic heterocycles. The molecule has 2 amide bonds. The first kappa shape index (κ1) is 28.5. The number of nitrogens with zero attached hydrogens (tertiary/aromatic N) is 2. The molecule has 1 N–H and O–H groups in total. The number of hydrogen-bond donors (Lipinski definition) is 1. The number of nitrogens with one attached hydrogen (secondary N) is 1. The first-order chi connectivity index (χ1) is 16.5. The standard InChI is InChI=1S/C25H34ClN3O5S/c1-6-23(25(31)27-15-18(2)3)28(16-19-10-7-8-13-22(19)26)24(30)17-29(35(5,32)33)20-11-9-12-21(14-20)34-4/h7-14,18,23H,6,15-17H2,1-5H3,(H,27,31)/t23-/m0/s1. The summed E-state index contributed by atoms with van der Waals surface area (Å²) >= 11 is 6.35. The molecule has 0 radical (unpaired) electrons. The van der Waals surface area contributed by atoms with Gasteiger partial charge in [0.25, 0.3) is 0 Å². The van der Waals surface area contributed by atoms with Crippen LogP contribution in [0.25, 0.3) is 0 Å². The second-order valence-electron chi connectivity index (χ2n) is 8.65. The minimum absolute atomic E-state index is 0.0574. The van der Waals surface area contributed by atoms with Crippen molar-refractivity contribution in [3.8, 4) is 5.75 Å². The van der Waals surface area contributed by atoms with Crippen molar-refractivity contribution >= 4 is 39.1 Å². The molecular weight excluding hydrogens is 490 g/mol. The van der Waals surface area contributed by atoms with E-state index in [2.05, 4.69) is 5.32 Å². The van der Waals surface area contributed by atoms with Gasteiger partial charge >= 0.3 is 0 Å². The number of carbonyl (C=O) groups is 2. The van der Waals surface area contributed by atoms with Crippen LogP contribution in [-0.4, -0.2) is 57.6 Å². The lowest BCUT2D eigenvalue weighted by Gasteiger charge is -2.33. The predicted octanol–water partition coefficient (Wildman–Crippen LogP) is 3.69. The number of anilines is 1. The van der Waals surface area contributed by atoms with Crippen LogP contribution >= 0.6 is 11.6 Å². The smallest absolute Gasteiger partial charge is 0.244 e. The fraction of sp³-hybridized carbons (Fsp3) is 0.440. The molecule has 8 nitrogen and oxygen atoms in total. The number of hydrogen-bond acceptors (Lipinski definition) is 5. The van der Waals surface area contributed by atoms with Gasteiger partial charge in [-0.15, -0.1) is 0 Å². The minimum atomic E-state index is -3.82. The largest absolute Gasteiger partial charge is 0.497 e. The topological polar surface area (TPSA) is 96.0 Å². The Kier molecular flexibility index (Phi) is 10.4. The molecular formula is C25H34ClN3O5S. The molecule has 0 fully saturated rings. The summed E-state index contributed by atoms with van der Waals surface area (Å²) in [5.74, 6) is -0.132. The number of sulfonamides is 1. The van der Waals surface area contributed by atoms with Gasteiger partial charge in [0.2, 0.25) is 21.8 Å². The van der Waals surface area contributed by atoms with Crippen LogP contribution < -0.4 is 14.4 Å². The molecule has 0 heterocycles. The number of benzene rings is 2. The lowest BCUT2D eigenvalue weighted by molar-refractivity contribution is -0.140. The predicted molar refractivity (Wildman–Crippen MR) is 139 cm³/mol. The third kappa shape index (κ3) is 8.14. The molecule has 35 heavy (non-hydrogen) atoms. The number of halogens is 1. The summed E-state index contributed by atoms with van der Waals surface area (Å²) in [7, 11) is -2.35. The average molecular weight is 524 g/mol. The van der Waals surface area contributed by atoms with E-state index in [4.69, 9.17) is 16.3 Å². The van der Waals surface area contributed by atoms with Crippen LogP contribution in [0.3, 0.4) is 0 Å². The second kappa shape index (κ2) is 12.8. The number of ether oxygens (including phenoxy) is 1. The summed E-state index contributed by atoms with van der Waals surface area (Å²) < 4.78 is 31.6. The molecule has 2 aromatic carbocycles. The van der Waals surface area contributed by atoms with Crippen molar-refractivity contribution in [2.45, 2.75) is 39.8 Å². The molecule has 0 saturated heterocycles. The molecule has 2 aromatic rings. The maximum atomic E-state index is 13.7. The zero-order valence-electron chi connectivity index (χ0n) is 20.8. The van der Waals surface area contributed by atoms with E-state index in [-0.39, 0.29) is 24.1 Å². The highest BCUT2D eigenvalue weighted by molar-refractivity contribution is 7.92. The van der Waals surface area contributed by atoms with Gasteiger partial charge in [-0.25, -0.2) is 8.42 Å². The van der Waals surface area contributed by atoms with Crippen LogP contribution in [-0.2, 0) is 26.2 Å². The number of rotatable bonds is 12. The van der Waals surface area contributed by atoms with Crippen molar-refractivity contribution in [1.29, 1.82) is 0 Å². The average Bonchev–Trinajstić information content (AvgIpc) is 2.81. The SMILES string of the molecule is CC[C@@H](C(=O)NCC(C)C)N(Cc1ccccc1Cl)C(=O)CN(c1cccc(OC)c1)S(C)(=O)=O. The minimum Gasteiger partial charge on any atom is -0.497 e. The summed E-state index contributed by atoms with van der Waals surface area (Å²) in [4.78, 5) is 28.1. The fourth-order valence-electron chi connectivity index (χ4n) is 3.53. The third-order valence-electron chi connectivity index (χ3n) is 5.39. The molecule has 0 unspecified atom stereocenters. The van der Waals surface area contributed by atoms with Crippen LogP contribution in [0.4, 0.5) is 5.69 Å². The molecule has 0 aliphatic rings. The van der Waals surface area contributed by atoms with Crippen LogP contribution in [0.5, 0.6) is 5.75 Å². The van der Waals surface area contributed by atoms with E-state index in [1.165, 1.54) is 12.0 Å². The molecule has 0 aliphatic carbocycles. The Morgan fingerprint density at radius 3 is 2.37 bits per heavy atom. The number of methoxy groups -OCH3 is 1. The highest BCUT2D eigenvalue weighted by atomic mass is 35.5. The van der Waals surface area contributed by atoms with Crippen molar-refractivity contribution in [1.82, 2.24) is 10.2 Å². The fourth-order valence-corrected chi connectivity index (χ4v) is 4.57. The van der Waals surface area contributed by atoms with Crippen molar-refractivity contribution in [2.75, 3.05) is 30.8 Å². The summed E-state index contributed by atoms with van der Waals surface area (Å²) in [5.41, 5.74) is 0.945. The van der Waals surface area contributed by atoms with Gasteiger partial charge < -0.3 is 15.0 Å². The zero-order chi connectivity index (χ0) is 26.2. The van der Waals surface area contributed by atoms with Gasteiger partial charge in [0.15, 0.2) is 0 Å². The van der Waals surface area contributed by atoms with E-state index in [0.29, 0.717) is 29.3 Å². The number of amides is 2. The maximum absolute atomic E-state index is 13.7. The van der Waals surface area contributed by atoms with E-state index < -0.39 is 28.5 Å². The molecule has 192 valence electrons. The molecule has 0 spiro atoms. The summed E-state index contributed by atoms with van der Waals surface area (Å²) in [6.07, 6.45) is 1.38. The normalized spacial score (nSPS) is 12.2. The van der Waals surface area contributed by atoms with Gasteiger partial charge in [-0.2, -0.15) is 0 Å². The van der Waals surface area contributed by atoms with Gasteiger partial charge in [0.1, 0.15) is 18.3 Å². The Labute approximate surface area is 213 Å². The van der Waals surface area contributed by atoms with Gasteiger partial charge in [-0.1, -0.05) is 56.6 Å². The first-order valence-corrected chi connectivity index (χ1v) is 13.6. The van der Waals surface area contributed by atoms with E-state index >= 15 is 0 Å². The maximum Gasteiger partial charge on any atom is 0.244 e. The Morgan fingerprint density at radius 1 is 1.11 bits per heavy atom. The van der Waals surface area contributed by atoms with E-state index in [1.54, 1.807) is 48.5 Å². The molecule has 0 saturated carbocycles. The molecule has 2 rings (SSSR count). The number of carbonyl (C=O) groups excluding carboxylic acids is 2. The van der Waals surface area contributed by atoms with Gasteiger partial charge in [0, 0.05) is 24.2 Å². The van der Waals surface area contributed by atoms with Gasteiger partial charge in [-0.3, -0.25) is 13.9 Å². The molecule has 1 atom stereocenters. The third-order valence-corrected chi connectivity index (χ3v) is 6.90. The Hall–Kier alpha value is -2.78. The van der Waals surface area contributed by atoms with Crippen molar-refractivity contribution in [2.24, 2.45) is 5.92 Å². The summed E-state index contributed by atoms with van der Waals surface area (Å²) in [6, 6.07) is 12.7. The quantitative estimate of drug-likeness (QED) is 0.457. The van der Waals surface area contributed by atoms with Crippen molar-refractivity contribution in [3.05, 3.63) is 59.1 Å². The van der Waals surface area contributed by atoms with Gasteiger partial charge in [0.05, 0.1) is 19.1 Å². The van der Waals surface area contributed by atoms with Crippen LogP contribution in [0.2, 0.25) is 5.02 Å².